The van der Waals surface area contributed by atoms with Crippen LogP contribution in [0.4, 0.5) is 17.5 Å². The third kappa shape index (κ3) is 7.21. The maximum Gasteiger partial charge on any atom is 0.227 e. The van der Waals surface area contributed by atoms with Crippen LogP contribution in [0, 0.1) is 0 Å². The second-order valence-corrected chi connectivity index (χ2v) is 8.58. The third-order valence-electron chi connectivity index (χ3n) is 5.50. The molecular weight excluding hydrogens is 412 g/mol. The summed E-state index contributed by atoms with van der Waals surface area (Å²) in [4.78, 5) is 16.1. The van der Waals surface area contributed by atoms with E-state index >= 15 is 0 Å². The minimum Gasteiger partial charge on any atom is -0.369 e. The molecule has 0 spiro atoms. The molecule has 1 fully saturated rings. The fourth-order valence-corrected chi connectivity index (χ4v) is 3.79. The summed E-state index contributed by atoms with van der Waals surface area (Å²) in [6.07, 6.45) is 3.62. The topological polar surface area (TPSA) is 90.0 Å². The SMILES string of the molecule is CC(C)NCCNc1ccc(-c2ccnc(Nc3cccc(CN4CCNCC4)c3)n2)cn1. The van der Waals surface area contributed by atoms with Gasteiger partial charge in [-0.2, -0.15) is 0 Å². The Balaban J connectivity index is 1.36. The molecule has 0 aliphatic carbocycles. The third-order valence-corrected chi connectivity index (χ3v) is 5.50. The van der Waals surface area contributed by atoms with Crippen molar-refractivity contribution < 1.29 is 0 Å². The van der Waals surface area contributed by atoms with Gasteiger partial charge in [0, 0.05) is 75.5 Å². The van der Waals surface area contributed by atoms with E-state index in [9.17, 15) is 0 Å². The summed E-state index contributed by atoms with van der Waals surface area (Å²) in [7, 11) is 0. The van der Waals surface area contributed by atoms with Crippen LogP contribution in [0.15, 0.2) is 54.9 Å². The van der Waals surface area contributed by atoms with Crippen molar-refractivity contribution >= 4 is 17.5 Å². The van der Waals surface area contributed by atoms with Gasteiger partial charge in [-0.1, -0.05) is 26.0 Å². The largest absolute Gasteiger partial charge is 0.369 e. The van der Waals surface area contributed by atoms with Gasteiger partial charge in [-0.25, -0.2) is 15.0 Å². The molecule has 2 aromatic heterocycles. The van der Waals surface area contributed by atoms with Crippen molar-refractivity contribution in [2.75, 3.05) is 49.9 Å². The molecule has 1 aliphatic heterocycles. The number of benzene rings is 1. The Morgan fingerprint density at radius 3 is 2.70 bits per heavy atom. The molecule has 0 saturated carbocycles. The first-order valence-corrected chi connectivity index (χ1v) is 11.7. The smallest absolute Gasteiger partial charge is 0.227 e. The van der Waals surface area contributed by atoms with Crippen LogP contribution in [0.1, 0.15) is 19.4 Å². The monoisotopic (exact) mass is 446 g/mol. The van der Waals surface area contributed by atoms with Crippen molar-refractivity contribution in [3.63, 3.8) is 0 Å². The molecule has 3 aromatic rings. The number of rotatable bonds is 10. The van der Waals surface area contributed by atoms with Gasteiger partial charge in [-0.15, -0.1) is 0 Å². The van der Waals surface area contributed by atoms with E-state index < -0.39 is 0 Å². The molecule has 1 saturated heterocycles. The lowest BCUT2D eigenvalue weighted by Gasteiger charge is -2.27. The summed E-state index contributed by atoms with van der Waals surface area (Å²) in [5, 5.41) is 13.5. The highest BCUT2D eigenvalue weighted by atomic mass is 15.2. The molecule has 0 radical (unpaired) electrons. The molecule has 8 nitrogen and oxygen atoms in total. The van der Waals surface area contributed by atoms with E-state index in [0.29, 0.717) is 12.0 Å². The Morgan fingerprint density at radius 2 is 1.91 bits per heavy atom. The van der Waals surface area contributed by atoms with E-state index in [1.54, 1.807) is 6.20 Å². The van der Waals surface area contributed by atoms with Crippen LogP contribution >= 0.6 is 0 Å². The van der Waals surface area contributed by atoms with Gasteiger partial charge in [0.2, 0.25) is 5.95 Å². The van der Waals surface area contributed by atoms with E-state index in [2.05, 4.69) is 68.2 Å². The van der Waals surface area contributed by atoms with Gasteiger partial charge in [0.05, 0.1) is 5.69 Å². The lowest BCUT2D eigenvalue weighted by atomic mass is 10.1. The fraction of sp³-hybridized carbons (Fsp3) is 0.400. The Bertz CT molecular complexity index is 999. The summed E-state index contributed by atoms with van der Waals surface area (Å²) >= 11 is 0. The molecule has 8 heteroatoms. The number of pyridine rings is 1. The number of hydrogen-bond donors (Lipinski definition) is 4. The standard InChI is InChI=1S/C25H34N8/c1-19(2)27-10-11-28-24-7-6-21(17-30-24)23-8-9-29-25(32-23)31-22-5-3-4-20(16-22)18-33-14-12-26-13-15-33/h3-9,16-17,19,26-27H,10-15,18H2,1-2H3,(H,28,30)(H,29,31,32). The van der Waals surface area contributed by atoms with Gasteiger partial charge >= 0.3 is 0 Å². The second-order valence-electron chi connectivity index (χ2n) is 8.58. The highest BCUT2D eigenvalue weighted by Gasteiger charge is 2.10. The maximum atomic E-state index is 4.70. The van der Waals surface area contributed by atoms with Gasteiger partial charge in [0.15, 0.2) is 0 Å². The lowest BCUT2D eigenvalue weighted by Crippen LogP contribution is -2.42. The van der Waals surface area contributed by atoms with Crippen molar-refractivity contribution in [2.45, 2.75) is 26.4 Å². The minimum atomic E-state index is 0.484. The molecular formula is C25H34N8. The van der Waals surface area contributed by atoms with E-state index in [0.717, 1.165) is 68.6 Å². The summed E-state index contributed by atoms with van der Waals surface area (Å²) in [5.41, 5.74) is 4.07. The summed E-state index contributed by atoms with van der Waals surface area (Å²) < 4.78 is 0. The van der Waals surface area contributed by atoms with Crippen molar-refractivity contribution in [3.05, 3.63) is 60.4 Å². The van der Waals surface area contributed by atoms with Gasteiger partial charge in [0.1, 0.15) is 5.82 Å². The predicted molar refractivity (Wildman–Crippen MR) is 135 cm³/mol. The average Bonchev–Trinajstić information content (AvgIpc) is 2.83. The van der Waals surface area contributed by atoms with Gasteiger partial charge < -0.3 is 21.3 Å². The van der Waals surface area contributed by atoms with Gasteiger partial charge in [0.25, 0.3) is 0 Å². The molecule has 1 aromatic carbocycles. The second kappa shape index (κ2) is 11.7. The Labute approximate surface area is 196 Å². The van der Waals surface area contributed by atoms with Crippen LogP contribution in [0.5, 0.6) is 0 Å². The molecule has 0 atom stereocenters. The first-order valence-electron chi connectivity index (χ1n) is 11.7. The number of nitrogens with one attached hydrogen (secondary N) is 4. The zero-order valence-corrected chi connectivity index (χ0v) is 19.5. The summed E-state index contributed by atoms with van der Waals surface area (Å²) in [6, 6.07) is 14.9. The number of anilines is 3. The summed E-state index contributed by atoms with van der Waals surface area (Å²) in [5.74, 6) is 1.44. The minimum absolute atomic E-state index is 0.484. The van der Waals surface area contributed by atoms with E-state index in [1.807, 2.05) is 30.5 Å². The van der Waals surface area contributed by atoms with Crippen LogP contribution in [0.2, 0.25) is 0 Å². The predicted octanol–water partition coefficient (Wildman–Crippen LogP) is 3.10. The van der Waals surface area contributed by atoms with Crippen LogP contribution in [-0.2, 0) is 6.54 Å². The molecule has 4 rings (SSSR count). The molecule has 1 aliphatic rings. The lowest BCUT2D eigenvalue weighted by molar-refractivity contribution is 0.233. The molecule has 4 N–H and O–H groups in total. The molecule has 3 heterocycles. The molecule has 0 amide bonds. The zero-order chi connectivity index (χ0) is 22.9. The van der Waals surface area contributed by atoms with Crippen LogP contribution in [-0.4, -0.2) is 65.2 Å². The molecule has 0 unspecified atom stereocenters. The normalized spacial score (nSPS) is 14.4. The first kappa shape index (κ1) is 23.1. The average molecular weight is 447 g/mol. The number of hydrogen-bond acceptors (Lipinski definition) is 8. The first-order chi connectivity index (χ1) is 16.2. The molecule has 33 heavy (non-hydrogen) atoms. The van der Waals surface area contributed by atoms with Crippen molar-refractivity contribution in [3.8, 4) is 11.3 Å². The van der Waals surface area contributed by atoms with Crippen molar-refractivity contribution in [2.24, 2.45) is 0 Å². The highest BCUT2D eigenvalue weighted by Crippen LogP contribution is 2.21. The Hall–Kier alpha value is -3.07. The highest BCUT2D eigenvalue weighted by molar-refractivity contribution is 5.62. The van der Waals surface area contributed by atoms with Crippen LogP contribution < -0.4 is 21.3 Å². The van der Waals surface area contributed by atoms with E-state index in [-0.39, 0.29) is 0 Å². The number of aromatic nitrogens is 3. The van der Waals surface area contributed by atoms with E-state index in [1.165, 1.54) is 5.56 Å². The molecule has 0 bridgehead atoms. The zero-order valence-electron chi connectivity index (χ0n) is 19.5. The van der Waals surface area contributed by atoms with Gasteiger partial charge in [-0.05, 0) is 35.9 Å². The van der Waals surface area contributed by atoms with Crippen LogP contribution in [0.3, 0.4) is 0 Å². The molecule has 174 valence electrons. The van der Waals surface area contributed by atoms with Crippen molar-refractivity contribution in [1.82, 2.24) is 30.5 Å². The number of nitrogens with zero attached hydrogens (tertiary/aromatic N) is 4. The maximum absolute atomic E-state index is 4.70. The van der Waals surface area contributed by atoms with E-state index in [4.69, 9.17) is 4.98 Å². The Kier molecular flexibility index (Phi) is 8.19. The van der Waals surface area contributed by atoms with Gasteiger partial charge in [-0.3, -0.25) is 4.90 Å². The summed E-state index contributed by atoms with van der Waals surface area (Å²) in [6.45, 7) is 11.2. The Morgan fingerprint density at radius 1 is 1.03 bits per heavy atom. The van der Waals surface area contributed by atoms with Crippen LogP contribution in [0.25, 0.3) is 11.3 Å². The van der Waals surface area contributed by atoms with Crippen molar-refractivity contribution in [1.29, 1.82) is 0 Å². The fourth-order valence-electron chi connectivity index (χ4n) is 3.79. The number of piperazine rings is 1. The quantitative estimate of drug-likeness (QED) is 0.353.